The number of carbonyl (C=O) groups excluding carboxylic acids is 1. The molecule has 4 heteroatoms. The smallest absolute Gasteiger partial charge is 0.242 e. The van der Waals surface area contributed by atoms with Gasteiger partial charge in [-0.3, -0.25) is 4.79 Å². The lowest BCUT2D eigenvalue weighted by atomic mass is 10.00. The van der Waals surface area contributed by atoms with Crippen molar-refractivity contribution < 1.29 is 9.53 Å². The van der Waals surface area contributed by atoms with Crippen LogP contribution in [0.5, 0.6) is 5.75 Å². The lowest BCUT2D eigenvalue weighted by molar-refractivity contribution is -0.133. The highest BCUT2D eigenvalue weighted by molar-refractivity contribution is 5.81. The number of hydrogen-bond donors (Lipinski definition) is 1. The molecule has 0 spiro atoms. The molecule has 1 unspecified atom stereocenters. The molecule has 0 bridgehead atoms. The van der Waals surface area contributed by atoms with Gasteiger partial charge in [0.1, 0.15) is 5.75 Å². The Morgan fingerprint density at radius 2 is 2.14 bits per heavy atom. The lowest BCUT2D eigenvalue weighted by Gasteiger charge is -2.35. The number of carbonyl (C=O) groups is 1. The Morgan fingerprint density at radius 3 is 2.86 bits per heavy atom. The maximum Gasteiger partial charge on any atom is 0.242 e. The second-order valence-electron chi connectivity index (χ2n) is 6.16. The molecule has 1 fully saturated rings. The maximum absolute atomic E-state index is 12.5. The van der Waals surface area contributed by atoms with Crippen LogP contribution in [-0.4, -0.2) is 36.0 Å². The van der Waals surface area contributed by atoms with Crippen molar-refractivity contribution in [2.75, 3.05) is 18.4 Å². The molecule has 1 aliphatic heterocycles. The van der Waals surface area contributed by atoms with Crippen molar-refractivity contribution in [3.8, 4) is 5.75 Å². The van der Waals surface area contributed by atoms with Gasteiger partial charge in [0.2, 0.25) is 5.91 Å². The van der Waals surface area contributed by atoms with Gasteiger partial charge in [-0.05, 0) is 51.7 Å². The zero-order valence-corrected chi connectivity index (χ0v) is 14.0. The molecule has 1 aromatic rings. The van der Waals surface area contributed by atoms with Crippen molar-refractivity contribution in [3.63, 3.8) is 0 Å². The van der Waals surface area contributed by atoms with E-state index in [1.165, 1.54) is 6.42 Å². The molecule has 1 aliphatic rings. The Morgan fingerprint density at radius 1 is 1.36 bits per heavy atom. The molecular weight excluding hydrogens is 276 g/mol. The monoisotopic (exact) mass is 304 g/mol. The second-order valence-corrected chi connectivity index (χ2v) is 6.16. The largest absolute Gasteiger partial charge is 0.489 e. The van der Waals surface area contributed by atoms with Crippen LogP contribution in [0.15, 0.2) is 24.3 Å². The number of nitrogens with one attached hydrogen (secondary N) is 1. The fourth-order valence-corrected chi connectivity index (χ4v) is 3.00. The zero-order chi connectivity index (χ0) is 15.9. The van der Waals surface area contributed by atoms with Gasteiger partial charge in [0, 0.05) is 12.6 Å². The maximum atomic E-state index is 12.5. The van der Waals surface area contributed by atoms with E-state index >= 15 is 0 Å². The summed E-state index contributed by atoms with van der Waals surface area (Å²) in [5, 5.41) is 3.24. The van der Waals surface area contributed by atoms with E-state index in [1.807, 2.05) is 43.0 Å². The molecule has 1 amide bonds. The molecule has 0 aromatic heterocycles. The molecule has 0 saturated carbocycles. The van der Waals surface area contributed by atoms with Gasteiger partial charge in [0.05, 0.1) is 18.3 Å². The highest BCUT2D eigenvalue weighted by Crippen LogP contribution is 2.25. The van der Waals surface area contributed by atoms with Crippen molar-refractivity contribution in [2.45, 2.75) is 58.6 Å². The fraction of sp³-hybridized carbons (Fsp3) is 0.611. The molecular formula is C18H28N2O2. The van der Waals surface area contributed by atoms with E-state index in [-0.39, 0.29) is 12.0 Å². The highest BCUT2D eigenvalue weighted by Gasteiger charge is 2.24. The van der Waals surface area contributed by atoms with Gasteiger partial charge in [0.15, 0.2) is 0 Å². The SMILES string of the molecule is CCC1CCCCN1C(=O)CNc1ccccc1OC(C)C. The Labute approximate surface area is 133 Å². The molecule has 1 heterocycles. The third-order valence-corrected chi connectivity index (χ3v) is 4.10. The van der Waals surface area contributed by atoms with Crippen LogP contribution < -0.4 is 10.1 Å². The first-order chi connectivity index (χ1) is 10.6. The lowest BCUT2D eigenvalue weighted by Crippen LogP contribution is -2.45. The van der Waals surface area contributed by atoms with Gasteiger partial charge in [0.25, 0.3) is 0 Å². The summed E-state index contributed by atoms with van der Waals surface area (Å²) in [5.74, 6) is 0.988. The third-order valence-electron chi connectivity index (χ3n) is 4.10. The van der Waals surface area contributed by atoms with Crippen LogP contribution in [0.25, 0.3) is 0 Å². The summed E-state index contributed by atoms with van der Waals surface area (Å²) >= 11 is 0. The normalized spacial score (nSPS) is 18.4. The standard InChI is InChI=1S/C18H28N2O2/c1-4-15-9-7-8-12-20(15)18(21)13-19-16-10-5-6-11-17(16)22-14(2)3/h5-6,10-11,14-15,19H,4,7-9,12-13H2,1-3H3. The third kappa shape index (κ3) is 4.39. The number of hydrogen-bond acceptors (Lipinski definition) is 3. The van der Waals surface area contributed by atoms with Crippen LogP contribution >= 0.6 is 0 Å². The summed E-state index contributed by atoms with van der Waals surface area (Å²) in [6, 6.07) is 8.20. The number of ether oxygens (including phenoxy) is 1. The molecule has 2 rings (SSSR count). The van der Waals surface area contributed by atoms with Crippen LogP contribution in [0.2, 0.25) is 0 Å². The van der Waals surface area contributed by atoms with Crippen molar-refractivity contribution in [1.82, 2.24) is 4.90 Å². The minimum absolute atomic E-state index is 0.116. The quantitative estimate of drug-likeness (QED) is 0.871. The van der Waals surface area contributed by atoms with Crippen LogP contribution in [-0.2, 0) is 4.79 Å². The zero-order valence-electron chi connectivity index (χ0n) is 14.0. The molecule has 1 N–H and O–H groups in total. The van der Waals surface area contributed by atoms with Gasteiger partial charge in [-0.15, -0.1) is 0 Å². The summed E-state index contributed by atoms with van der Waals surface area (Å²) < 4.78 is 5.78. The molecule has 1 atom stereocenters. The number of piperidine rings is 1. The molecule has 4 nitrogen and oxygen atoms in total. The number of rotatable bonds is 6. The van der Waals surface area contributed by atoms with Crippen LogP contribution in [0.4, 0.5) is 5.69 Å². The van der Waals surface area contributed by atoms with E-state index in [1.54, 1.807) is 0 Å². The first-order valence-corrected chi connectivity index (χ1v) is 8.40. The molecule has 1 saturated heterocycles. The first-order valence-electron chi connectivity index (χ1n) is 8.40. The molecule has 122 valence electrons. The molecule has 1 aromatic carbocycles. The van der Waals surface area contributed by atoms with E-state index in [0.29, 0.717) is 12.6 Å². The highest BCUT2D eigenvalue weighted by atomic mass is 16.5. The molecule has 22 heavy (non-hydrogen) atoms. The minimum Gasteiger partial charge on any atom is -0.489 e. The first kappa shape index (κ1) is 16.7. The molecule has 0 aliphatic carbocycles. The number of para-hydroxylation sites is 2. The summed E-state index contributed by atoms with van der Waals surface area (Å²) in [7, 11) is 0. The van der Waals surface area contributed by atoms with Crippen LogP contribution in [0.1, 0.15) is 46.5 Å². The van der Waals surface area contributed by atoms with Crippen LogP contribution in [0, 0.1) is 0 Å². The Balaban J connectivity index is 1.96. The van der Waals surface area contributed by atoms with Gasteiger partial charge < -0.3 is 15.0 Å². The summed E-state index contributed by atoms with van der Waals surface area (Å²) in [6.07, 6.45) is 4.65. The van der Waals surface area contributed by atoms with Crippen molar-refractivity contribution in [3.05, 3.63) is 24.3 Å². The second kappa shape index (κ2) is 8.06. The van der Waals surface area contributed by atoms with Gasteiger partial charge in [-0.2, -0.15) is 0 Å². The minimum atomic E-state index is 0.116. The Kier molecular flexibility index (Phi) is 6.10. The Bertz CT molecular complexity index is 488. The number of likely N-dealkylation sites (tertiary alicyclic amines) is 1. The van der Waals surface area contributed by atoms with Gasteiger partial charge in [-0.25, -0.2) is 0 Å². The van der Waals surface area contributed by atoms with E-state index in [0.717, 1.165) is 37.2 Å². The molecule has 0 radical (unpaired) electrons. The van der Waals surface area contributed by atoms with E-state index in [9.17, 15) is 4.79 Å². The average molecular weight is 304 g/mol. The fourth-order valence-electron chi connectivity index (χ4n) is 3.00. The summed E-state index contributed by atoms with van der Waals surface area (Å²) in [6.45, 7) is 7.39. The number of benzene rings is 1. The van der Waals surface area contributed by atoms with Gasteiger partial charge in [-0.1, -0.05) is 19.1 Å². The van der Waals surface area contributed by atoms with E-state index < -0.39 is 0 Å². The number of nitrogens with zero attached hydrogens (tertiary/aromatic N) is 1. The van der Waals surface area contributed by atoms with Gasteiger partial charge >= 0.3 is 0 Å². The number of amides is 1. The van der Waals surface area contributed by atoms with Crippen molar-refractivity contribution in [1.29, 1.82) is 0 Å². The number of anilines is 1. The van der Waals surface area contributed by atoms with E-state index in [4.69, 9.17) is 4.74 Å². The predicted molar refractivity (Wildman–Crippen MR) is 90.3 cm³/mol. The average Bonchev–Trinajstić information content (AvgIpc) is 2.53. The van der Waals surface area contributed by atoms with Crippen molar-refractivity contribution >= 4 is 11.6 Å². The Hall–Kier alpha value is -1.71. The predicted octanol–water partition coefficient (Wildman–Crippen LogP) is 3.68. The van der Waals surface area contributed by atoms with Crippen molar-refractivity contribution in [2.24, 2.45) is 0 Å². The van der Waals surface area contributed by atoms with E-state index in [2.05, 4.69) is 12.2 Å². The topological polar surface area (TPSA) is 41.6 Å². The van der Waals surface area contributed by atoms with Crippen LogP contribution in [0.3, 0.4) is 0 Å². The summed E-state index contributed by atoms with van der Waals surface area (Å²) in [5.41, 5.74) is 0.884. The summed E-state index contributed by atoms with van der Waals surface area (Å²) in [4.78, 5) is 14.5.